The molecule has 0 saturated carbocycles. The van der Waals surface area contributed by atoms with Gasteiger partial charge in [0.1, 0.15) is 0 Å². The molecule has 0 spiro atoms. The van der Waals surface area contributed by atoms with Gasteiger partial charge in [-0.2, -0.15) is 0 Å². The van der Waals surface area contributed by atoms with Crippen LogP contribution in [-0.4, -0.2) is 84.8 Å². The topological polar surface area (TPSA) is 73.0 Å². The van der Waals surface area contributed by atoms with Gasteiger partial charge in [-0.15, -0.1) is 0 Å². The summed E-state index contributed by atoms with van der Waals surface area (Å²) in [7, 11) is 0. The Hall–Kier alpha value is -2.93. The van der Waals surface area contributed by atoms with Gasteiger partial charge in [-0.05, 0) is 34.6 Å². The minimum absolute atomic E-state index is 0.00604. The lowest BCUT2D eigenvalue weighted by atomic mass is 9.92. The Bertz CT molecular complexity index is 1020. The summed E-state index contributed by atoms with van der Waals surface area (Å²) in [6, 6.07) is 13.9. The molecule has 0 aliphatic carbocycles. The lowest BCUT2D eigenvalue weighted by Gasteiger charge is -2.38. The van der Waals surface area contributed by atoms with Crippen molar-refractivity contribution >= 4 is 28.5 Å². The number of hydrogen-bond donors (Lipinski definition) is 1. The number of piperidine rings is 1. The minimum Gasteiger partial charge on any atom is -0.347 e. The van der Waals surface area contributed by atoms with Gasteiger partial charge in [0, 0.05) is 39.3 Å². The second-order valence-corrected chi connectivity index (χ2v) is 9.99. The Balaban J connectivity index is 1.19. The first-order chi connectivity index (χ1) is 16.4. The van der Waals surface area contributed by atoms with E-state index >= 15 is 0 Å². The van der Waals surface area contributed by atoms with E-state index in [0.29, 0.717) is 44.6 Å². The van der Waals surface area contributed by atoms with Crippen LogP contribution in [-0.2, 0) is 20.8 Å². The molecule has 182 valence electrons. The van der Waals surface area contributed by atoms with Crippen LogP contribution in [0.3, 0.4) is 0 Å². The van der Waals surface area contributed by atoms with Crippen LogP contribution in [0.5, 0.6) is 0 Å². The molecule has 2 aliphatic rings. The molecule has 2 aliphatic heterocycles. The molecule has 2 heterocycles. The third kappa shape index (κ3) is 6.14. The van der Waals surface area contributed by atoms with Crippen molar-refractivity contribution in [3.8, 4) is 0 Å². The number of nitrogens with one attached hydrogen (secondary N) is 1. The van der Waals surface area contributed by atoms with Gasteiger partial charge in [-0.3, -0.25) is 19.3 Å². The number of rotatable bonds is 6. The van der Waals surface area contributed by atoms with Crippen molar-refractivity contribution in [2.24, 2.45) is 11.8 Å². The average Bonchev–Trinajstić information content (AvgIpc) is 2.82. The van der Waals surface area contributed by atoms with Gasteiger partial charge in [-0.25, -0.2) is 0 Å². The van der Waals surface area contributed by atoms with Gasteiger partial charge in [-0.1, -0.05) is 56.3 Å². The summed E-state index contributed by atoms with van der Waals surface area (Å²) in [5, 5.41) is 4.95. The zero-order chi connectivity index (χ0) is 24.1. The number of carbonyl (C=O) groups is 3. The average molecular weight is 465 g/mol. The molecule has 2 aromatic carbocycles. The van der Waals surface area contributed by atoms with E-state index in [1.54, 1.807) is 4.90 Å². The van der Waals surface area contributed by atoms with E-state index in [4.69, 9.17) is 0 Å². The second kappa shape index (κ2) is 11.0. The van der Waals surface area contributed by atoms with E-state index in [2.05, 4.69) is 24.1 Å². The fraction of sp³-hybridized carbons (Fsp3) is 0.519. The minimum atomic E-state index is -0.154. The molecule has 3 amide bonds. The van der Waals surface area contributed by atoms with Crippen molar-refractivity contribution < 1.29 is 14.4 Å². The molecule has 1 N–H and O–H groups in total. The molecule has 2 atom stereocenters. The number of amides is 3. The van der Waals surface area contributed by atoms with E-state index in [9.17, 15) is 14.4 Å². The second-order valence-electron chi connectivity index (χ2n) is 9.99. The van der Waals surface area contributed by atoms with Crippen molar-refractivity contribution in [2.75, 3.05) is 52.4 Å². The highest BCUT2D eigenvalue weighted by atomic mass is 16.2. The van der Waals surface area contributed by atoms with Gasteiger partial charge in [0.05, 0.1) is 19.5 Å². The molecule has 0 bridgehead atoms. The molecule has 0 radical (unpaired) electrons. The molecule has 4 rings (SSSR count). The summed E-state index contributed by atoms with van der Waals surface area (Å²) >= 11 is 0. The molecule has 2 fully saturated rings. The zero-order valence-electron chi connectivity index (χ0n) is 20.3. The fourth-order valence-electron chi connectivity index (χ4n) is 5.28. The Kier molecular flexibility index (Phi) is 7.83. The van der Waals surface area contributed by atoms with Crippen molar-refractivity contribution in [2.45, 2.75) is 26.7 Å². The summed E-state index contributed by atoms with van der Waals surface area (Å²) in [6.07, 6.45) is 1.43. The van der Waals surface area contributed by atoms with Gasteiger partial charge in [0.25, 0.3) is 0 Å². The maximum atomic E-state index is 12.7. The van der Waals surface area contributed by atoms with Crippen LogP contribution in [0.4, 0.5) is 0 Å². The van der Waals surface area contributed by atoms with Gasteiger partial charge in [0.15, 0.2) is 0 Å². The van der Waals surface area contributed by atoms with Gasteiger partial charge >= 0.3 is 0 Å². The Labute approximate surface area is 202 Å². The summed E-state index contributed by atoms with van der Waals surface area (Å²) in [6.45, 7) is 9.06. The summed E-state index contributed by atoms with van der Waals surface area (Å²) in [4.78, 5) is 43.8. The van der Waals surface area contributed by atoms with E-state index in [1.807, 2.05) is 47.4 Å². The molecule has 2 saturated heterocycles. The molecule has 34 heavy (non-hydrogen) atoms. The standard InChI is InChI=1S/C27H36N4O3/c1-20-14-21(2)18-31(17-20)27(34)19-29-10-12-30(13-11-29)26(33)16-28-25(32)15-23-8-5-7-22-6-3-4-9-24(22)23/h3-9,20-21H,10-19H2,1-2H3,(H,28,32)/t20-,21+. The van der Waals surface area contributed by atoms with Crippen molar-refractivity contribution in [3.63, 3.8) is 0 Å². The SMILES string of the molecule is C[C@@H]1C[C@H](C)CN(C(=O)CN2CCN(C(=O)CNC(=O)Cc3cccc4ccccc34)CC2)C1. The number of hydrogen-bond acceptors (Lipinski definition) is 4. The smallest absolute Gasteiger partial charge is 0.242 e. The maximum absolute atomic E-state index is 12.7. The zero-order valence-corrected chi connectivity index (χ0v) is 20.3. The summed E-state index contributed by atoms with van der Waals surface area (Å²) in [5.74, 6) is 1.07. The normalized spacial score (nSPS) is 21.5. The molecule has 2 aromatic rings. The third-order valence-corrected chi connectivity index (χ3v) is 6.97. The monoisotopic (exact) mass is 464 g/mol. The van der Waals surface area contributed by atoms with E-state index in [-0.39, 0.29) is 30.7 Å². The predicted octanol–water partition coefficient (Wildman–Crippen LogP) is 2.15. The Morgan fingerprint density at radius 2 is 1.53 bits per heavy atom. The lowest BCUT2D eigenvalue weighted by molar-refractivity contribution is -0.137. The molecule has 0 unspecified atom stereocenters. The van der Waals surface area contributed by atoms with Crippen LogP contribution in [0.2, 0.25) is 0 Å². The van der Waals surface area contributed by atoms with Crippen molar-refractivity contribution in [3.05, 3.63) is 48.0 Å². The predicted molar refractivity (Wildman–Crippen MR) is 133 cm³/mol. The molecule has 7 nitrogen and oxygen atoms in total. The molecule has 0 aromatic heterocycles. The highest BCUT2D eigenvalue weighted by molar-refractivity contribution is 5.91. The first-order valence-corrected chi connectivity index (χ1v) is 12.4. The van der Waals surface area contributed by atoms with Crippen LogP contribution in [0.15, 0.2) is 42.5 Å². The first-order valence-electron chi connectivity index (χ1n) is 12.4. The van der Waals surface area contributed by atoms with Crippen molar-refractivity contribution in [1.29, 1.82) is 0 Å². The van der Waals surface area contributed by atoms with Crippen LogP contribution in [0.25, 0.3) is 10.8 Å². The third-order valence-electron chi connectivity index (χ3n) is 6.97. The number of benzene rings is 2. The Morgan fingerprint density at radius 1 is 0.853 bits per heavy atom. The van der Waals surface area contributed by atoms with E-state index in [1.165, 1.54) is 6.42 Å². The van der Waals surface area contributed by atoms with Crippen LogP contribution in [0.1, 0.15) is 25.8 Å². The van der Waals surface area contributed by atoms with Crippen molar-refractivity contribution in [1.82, 2.24) is 20.0 Å². The molecule has 7 heteroatoms. The highest BCUT2D eigenvalue weighted by Gasteiger charge is 2.28. The number of likely N-dealkylation sites (tertiary alicyclic amines) is 1. The van der Waals surface area contributed by atoms with Gasteiger partial charge in [0.2, 0.25) is 17.7 Å². The number of fused-ring (bicyclic) bond motifs is 1. The largest absolute Gasteiger partial charge is 0.347 e. The van der Waals surface area contributed by atoms with E-state index < -0.39 is 0 Å². The maximum Gasteiger partial charge on any atom is 0.242 e. The van der Waals surface area contributed by atoms with Crippen LogP contribution < -0.4 is 5.32 Å². The number of piperazine rings is 1. The fourth-order valence-corrected chi connectivity index (χ4v) is 5.28. The van der Waals surface area contributed by atoms with Crippen LogP contribution >= 0.6 is 0 Å². The van der Waals surface area contributed by atoms with Gasteiger partial charge < -0.3 is 15.1 Å². The number of nitrogens with zero attached hydrogens (tertiary/aromatic N) is 3. The Morgan fingerprint density at radius 3 is 2.26 bits per heavy atom. The first kappa shape index (κ1) is 24.2. The molecular formula is C27H36N4O3. The lowest BCUT2D eigenvalue weighted by Crippen LogP contribution is -2.54. The highest BCUT2D eigenvalue weighted by Crippen LogP contribution is 2.21. The summed E-state index contributed by atoms with van der Waals surface area (Å²) < 4.78 is 0. The quantitative estimate of drug-likeness (QED) is 0.711. The van der Waals surface area contributed by atoms with Crippen LogP contribution in [0, 0.1) is 11.8 Å². The molecular weight excluding hydrogens is 428 g/mol. The summed E-state index contributed by atoms with van der Waals surface area (Å²) in [5.41, 5.74) is 0.957. The number of carbonyl (C=O) groups excluding carboxylic acids is 3. The van der Waals surface area contributed by atoms with E-state index in [0.717, 1.165) is 29.4 Å².